The third-order valence-corrected chi connectivity index (χ3v) is 2.96. The molecule has 0 saturated heterocycles. The molecule has 0 spiro atoms. The first kappa shape index (κ1) is 16.2. The molecule has 0 saturated carbocycles. The quantitative estimate of drug-likeness (QED) is 0.657. The summed E-state index contributed by atoms with van der Waals surface area (Å²) < 4.78 is 5.06. The first-order valence-corrected chi connectivity index (χ1v) is 6.93. The molecule has 0 aliphatic rings. The number of rotatable bonds is 5. The third kappa shape index (κ3) is 4.96. The molecule has 0 aliphatic carbocycles. The molecule has 6 heteroatoms. The minimum Gasteiger partial charge on any atom is -0.497 e. The Hall–Kier alpha value is -3.15. The lowest BCUT2D eigenvalue weighted by molar-refractivity contribution is -0.114. The second-order valence-corrected chi connectivity index (χ2v) is 4.73. The van der Waals surface area contributed by atoms with Gasteiger partial charge >= 0.3 is 0 Å². The van der Waals surface area contributed by atoms with Crippen molar-refractivity contribution in [3.63, 3.8) is 0 Å². The average Bonchev–Trinajstić information content (AvgIpc) is 2.55. The molecule has 0 atom stereocenters. The van der Waals surface area contributed by atoms with Crippen molar-refractivity contribution in [1.29, 1.82) is 0 Å². The van der Waals surface area contributed by atoms with E-state index in [1.807, 2.05) is 24.3 Å². The van der Waals surface area contributed by atoms with Crippen LogP contribution in [0.15, 0.2) is 53.6 Å². The van der Waals surface area contributed by atoms with E-state index in [4.69, 9.17) is 4.74 Å². The van der Waals surface area contributed by atoms with Gasteiger partial charge in [-0.15, -0.1) is 0 Å². The Bertz CT molecular complexity index is 707. The zero-order valence-electron chi connectivity index (χ0n) is 12.9. The van der Waals surface area contributed by atoms with Crippen molar-refractivity contribution >= 4 is 23.7 Å². The van der Waals surface area contributed by atoms with Gasteiger partial charge in [0.2, 0.25) is 5.91 Å². The number of ether oxygens (including phenoxy) is 1. The predicted molar refractivity (Wildman–Crippen MR) is 88.8 cm³/mol. The Kier molecular flexibility index (Phi) is 5.46. The minimum absolute atomic E-state index is 0.161. The zero-order chi connectivity index (χ0) is 16.7. The van der Waals surface area contributed by atoms with E-state index in [9.17, 15) is 9.59 Å². The number of nitrogens with one attached hydrogen (secondary N) is 2. The molecule has 0 bridgehead atoms. The summed E-state index contributed by atoms with van der Waals surface area (Å²) in [6.07, 6.45) is 1.54. The fourth-order valence-corrected chi connectivity index (χ4v) is 1.83. The van der Waals surface area contributed by atoms with Gasteiger partial charge in [0, 0.05) is 18.2 Å². The largest absolute Gasteiger partial charge is 0.497 e. The highest BCUT2D eigenvalue weighted by Gasteiger charge is 2.04. The first-order valence-electron chi connectivity index (χ1n) is 6.93. The lowest BCUT2D eigenvalue weighted by Crippen LogP contribution is -2.17. The van der Waals surface area contributed by atoms with Crippen LogP contribution in [0.5, 0.6) is 5.75 Å². The molecule has 0 unspecified atom stereocenters. The van der Waals surface area contributed by atoms with E-state index in [1.54, 1.807) is 37.6 Å². The second-order valence-electron chi connectivity index (χ2n) is 4.73. The number of nitrogens with zero attached hydrogens (tertiary/aromatic N) is 1. The number of carbonyl (C=O) groups is 2. The Morgan fingerprint density at radius 1 is 1.04 bits per heavy atom. The van der Waals surface area contributed by atoms with Gasteiger partial charge in [0.1, 0.15) is 5.75 Å². The van der Waals surface area contributed by atoms with Crippen LogP contribution in [-0.4, -0.2) is 25.1 Å². The smallest absolute Gasteiger partial charge is 0.271 e. The summed E-state index contributed by atoms with van der Waals surface area (Å²) in [5.74, 6) is 0.265. The molecule has 0 radical (unpaired) electrons. The van der Waals surface area contributed by atoms with Gasteiger partial charge in [-0.05, 0) is 54.1 Å². The van der Waals surface area contributed by atoms with E-state index in [0.717, 1.165) is 11.3 Å². The summed E-state index contributed by atoms with van der Waals surface area (Å²) in [4.78, 5) is 22.9. The van der Waals surface area contributed by atoms with E-state index in [2.05, 4.69) is 15.8 Å². The number of benzene rings is 2. The Morgan fingerprint density at radius 2 is 1.70 bits per heavy atom. The van der Waals surface area contributed by atoms with Gasteiger partial charge in [-0.1, -0.05) is 0 Å². The summed E-state index contributed by atoms with van der Waals surface area (Å²) in [6.45, 7) is 1.43. The Labute approximate surface area is 134 Å². The molecule has 2 aromatic carbocycles. The van der Waals surface area contributed by atoms with Crippen molar-refractivity contribution in [1.82, 2.24) is 5.43 Å². The second kappa shape index (κ2) is 7.74. The Balaban J connectivity index is 1.93. The van der Waals surface area contributed by atoms with E-state index >= 15 is 0 Å². The average molecular weight is 311 g/mol. The fraction of sp³-hybridized carbons (Fsp3) is 0.118. The minimum atomic E-state index is -0.330. The van der Waals surface area contributed by atoms with Crippen molar-refractivity contribution in [2.45, 2.75) is 6.92 Å². The molecule has 2 rings (SSSR count). The van der Waals surface area contributed by atoms with Crippen LogP contribution in [0.4, 0.5) is 5.69 Å². The molecule has 118 valence electrons. The van der Waals surface area contributed by atoms with Gasteiger partial charge in [-0.3, -0.25) is 9.59 Å². The highest BCUT2D eigenvalue weighted by molar-refractivity contribution is 5.96. The maximum Gasteiger partial charge on any atom is 0.271 e. The summed E-state index contributed by atoms with van der Waals surface area (Å²) >= 11 is 0. The summed E-state index contributed by atoms with van der Waals surface area (Å²) in [5.41, 5.74) is 4.37. The molecular weight excluding hydrogens is 294 g/mol. The summed E-state index contributed by atoms with van der Waals surface area (Å²) in [6, 6.07) is 13.8. The first-order chi connectivity index (χ1) is 11.1. The van der Waals surface area contributed by atoms with Crippen molar-refractivity contribution in [3.05, 3.63) is 59.7 Å². The topological polar surface area (TPSA) is 79.8 Å². The molecular formula is C17H17N3O3. The maximum absolute atomic E-state index is 11.9. The third-order valence-electron chi connectivity index (χ3n) is 2.96. The predicted octanol–water partition coefficient (Wildman–Crippen LogP) is 2.42. The standard InChI is InChI=1S/C17H17N3O3/c1-12(21)19-15-7-5-14(6-8-15)17(22)20-18-11-13-3-9-16(23-2)10-4-13/h3-11H,1-2H3,(H,19,21)(H,20,22). The molecule has 0 aromatic heterocycles. The van der Waals surface area contributed by atoms with Crippen LogP contribution in [0.1, 0.15) is 22.8 Å². The van der Waals surface area contributed by atoms with Crippen LogP contribution < -0.4 is 15.5 Å². The van der Waals surface area contributed by atoms with Crippen LogP contribution in [0.25, 0.3) is 0 Å². The number of hydrazone groups is 1. The van der Waals surface area contributed by atoms with Crippen molar-refractivity contribution in [3.8, 4) is 5.75 Å². The molecule has 2 amide bonds. The lowest BCUT2D eigenvalue weighted by Gasteiger charge is -2.03. The van der Waals surface area contributed by atoms with Crippen LogP contribution in [0.2, 0.25) is 0 Å². The van der Waals surface area contributed by atoms with Gasteiger partial charge in [0.15, 0.2) is 0 Å². The fourth-order valence-electron chi connectivity index (χ4n) is 1.83. The molecule has 2 N–H and O–H groups in total. The van der Waals surface area contributed by atoms with E-state index in [1.165, 1.54) is 6.92 Å². The maximum atomic E-state index is 11.9. The number of amides is 2. The van der Waals surface area contributed by atoms with Gasteiger partial charge in [0.25, 0.3) is 5.91 Å². The molecule has 6 nitrogen and oxygen atoms in total. The summed E-state index contributed by atoms with van der Waals surface area (Å²) in [5, 5.41) is 6.54. The number of hydrogen-bond acceptors (Lipinski definition) is 4. The van der Waals surface area contributed by atoms with Crippen molar-refractivity contribution in [2.24, 2.45) is 5.10 Å². The van der Waals surface area contributed by atoms with E-state index in [-0.39, 0.29) is 11.8 Å². The van der Waals surface area contributed by atoms with Gasteiger partial charge in [0.05, 0.1) is 13.3 Å². The van der Waals surface area contributed by atoms with Gasteiger partial charge < -0.3 is 10.1 Å². The highest BCUT2D eigenvalue weighted by atomic mass is 16.5. The number of methoxy groups -OCH3 is 1. The number of anilines is 1. The number of hydrogen-bond donors (Lipinski definition) is 2. The molecule has 23 heavy (non-hydrogen) atoms. The highest BCUT2D eigenvalue weighted by Crippen LogP contribution is 2.10. The van der Waals surface area contributed by atoms with Gasteiger partial charge in [-0.2, -0.15) is 5.10 Å². The molecule has 0 heterocycles. The van der Waals surface area contributed by atoms with Crippen LogP contribution >= 0.6 is 0 Å². The van der Waals surface area contributed by atoms with Crippen molar-refractivity contribution in [2.75, 3.05) is 12.4 Å². The van der Waals surface area contributed by atoms with Crippen molar-refractivity contribution < 1.29 is 14.3 Å². The van der Waals surface area contributed by atoms with E-state index < -0.39 is 0 Å². The Morgan fingerprint density at radius 3 is 2.26 bits per heavy atom. The lowest BCUT2D eigenvalue weighted by atomic mass is 10.2. The molecule has 2 aromatic rings. The SMILES string of the molecule is COc1ccc(C=NNC(=O)c2ccc(NC(C)=O)cc2)cc1. The number of carbonyl (C=O) groups excluding carboxylic acids is 2. The van der Waals surface area contributed by atoms with E-state index in [0.29, 0.717) is 11.3 Å². The molecule has 0 fully saturated rings. The van der Waals surface area contributed by atoms with Gasteiger partial charge in [-0.25, -0.2) is 5.43 Å². The molecule has 0 aliphatic heterocycles. The van der Waals surface area contributed by atoms with Crippen LogP contribution in [-0.2, 0) is 4.79 Å². The van der Waals surface area contributed by atoms with Crippen LogP contribution in [0, 0.1) is 0 Å². The summed E-state index contributed by atoms with van der Waals surface area (Å²) in [7, 11) is 1.60. The monoisotopic (exact) mass is 311 g/mol. The van der Waals surface area contributed by atoms with Crippen LogP contribution in [0.3, 0.4) is 0 Å². The normalized spacial score (nSPS) is 10.3. The zero-order valence-corrected chi connectivity index (χ0v) is 12.9.